The molecule has 11 heteroatoms. The molecule has 1 aliphatic rings. The minimum absolute atomic E-state index is 0.0732. The number of nitrogens with zero attached hydrogens (tertiary/aromatic N) is 4. The lowest BCUT2D eigenvalue weighted by molar-refractivity contribution is -0.120. The van der Waals surface area contributed by atoms with Crippen LogP contribution in [0.1, 0.15) is 16.2 Å². The van der Waals surface area contributed by atoms with E-state index in [2.05, 4.69) is 20.3 Å². The number of benzene rings is 1. The summed E-state index contributed by atoms with van der Waals surface area (Å²) in [6, 6.07) is 4.44. The Morgan fingerprint density at radius 2 is 2.03 bits per heavy atom. The predicted molar refractivity (Wildman–Crippen MR) is 112 cm³/mol. The van der Waals surface area contributed by atoms with Gasteiger partial charge < -0.3 is 10.1 Å². The molecule has 0 spiro atoms. The Bertz CT molecular complexity index is 1240. The molecule has 1 aromatic carbocycles. The lowest BCUT2D eigenvalue weighted by Crippen LogP contribution is -2.49. The molecule has 8 nitrogen and oxygen atoms in total. The average molecular weight is 460 g/mol. The van der Waals surface area contributed by atoms with E-state index in [9.17, 15) is 18.4 Å². The van der Waals surface area contributed by atoms with E-state index in [-0.39, 0.29) is 34.7 Å². The Balaban J connectivity index is 1.58. The van der Waals surface area contributed by atoms with Crippen LogP contribution in [0.15, 0.2) is 36.7 Å². The van der Waals surface area contributed by atoms with Crippen molar-refractivity contribution in [3.8, 4) is 17.0 Å². The fourth-order valence-electron chi connectivity index (χ4n) is 3.10. The van der Waals surface area contributed by atoms with E-state index >= 15 is 0 Å². The summed E-state index contributed by atoms with van der Waals surface area (Å²) < 4.78 is 32.9. The lowest BCUT2D eigenvalue weighted by atomic mass is 10.1. The first kappa shape index (κ1) is 21.6. The fraction of sp³-hybridized carbons (Fsp3) is 0.190. The average Bonchev–Trinajstić information content (AvgIpc) is 2.88. The van der Waals surface area contributed by atoms with Gasteiger partial charge in [0.15, 0.2) is 11.6 Å². The van der Waals surface area contributed by atoms with Crippen LogP contribution in [-0.2, 0) is 4.79 Å². The molecule has 0 fully saturated rings. The third-order valence-electron chi connectivity index (χ3n) is 4.85. The number of halogens is 3. The number of likely N-dealkylation sites (N-methyl/N-ethyl adjacent to an activating group) is 1. The second kappa shape index (κ2) is 8.46. The number of carbonyl (C=O) groups is 2. The van der Waals surface area contributed by atoms with Gasteiger partial charge in [-0.15, -0.1) is 0 Å². The number of pyridine rings is 1. The standard InChI is InChI=1S/C21H16ClF2N5O3/c1-10-3-4-11(5-14(10)24)17-13(22)8-25-18(28-17)20(30)27-15-9-32-16-6-12(23)7-26-19(16)29(2)21(15)31/h3-8,15H,9H2,1-2H3,(H,27,30). The molecule has 1 unspecified atom stereocenters. The topological polar surface area (TPSA) is 97.3 Å². The van der Waals surface area contributed by atoms with Gasteiger partial charge in [-0.2, -0.15) is 0 Å². The summed E-state index contributed by atoms with van der Waals surface area (Å²) in [6.07, 6.45) is 2.18. The zero-order chi connectivity index (χ0) is 23.0. The predicted octanol–water partition coefficient (Wildman–Crippen LogP) is 2.93. The van der Waals surface area contributed by atoms with Crippen molar-refractivity contribution < 1.29 is 23.1 Å². The molecule has 2 amide bonds. The monoisotopic (exact) mass is 459 g/mol. The van der Waals surface area contributed by atoms with Crippen LogP contribution in [0.4, 0.5) is 14.6 Å². The second-order valence-corrected chi connectivity index (χ2v) is 7.47. The SMILES string of the molecule is Cc1ccc(-c2nc(C(=O)NC3COc4cc(F)cnc4N(C)C3=O)ncc2Cl)cc1F. The molecule has 0 radical (unpaired) electrons. The number of hydrogen-bond acceptors (Lipinski definition) is 6. The quantitative estimate of drug-likeness (QED) is 0.647. The highest BCUT2D eigenvalue weighted by atomic mass is 35.5. The van der Waals surface area contributed by atoms with Crippen LogP contribution in [0.25, 0.3) is 11.3 Å². The molecule has 3 aromatic rings. The van der Waals surface area contributed by atoms with Crippen LogP contribution < -0.4 is 15.0 Å². The first-order valence-electron chi connectivity index (χ1n) is 9.40. The Kier molecular flexibility index (Phi) is 5.70. The zero-order valence-corrected chi connectivity index (χ0v) is 17.7. The van der Waals surface area contributed by atoms with Gasteiger partial charge in [0.1, 0.15) is 24.3 Å². The maximum absolute atomic E-state index is 14.0. The molecular weight excluding hydrogens is 444 g/mol. The van der Waals surface area contributed by atoms with Crippen molar-refractivity contribution in [2.45, 2.75) is 13.0 Å². The molecule has 1 atom stereocenters. The van der Waals surface area contributed by atoms with Gasteiger partial charge >= 0.3 is 0 Å². The number of carbonyl (C=O) groups excluding carboxylic acids is 2. The molecule has 1 aliphatic heterocycles. The Morgan fingerprint density at radius 1 is 1.25 bits per heavy atom. The molecule has 32 heavy (non-hydrogen) atoms. The summed E-state index contributed by atoms with van der Waals surface area (Å²) in [6.45, 7) is 1.36. The van der Waals surface area contributed by atoms with Crippen molar-refractivity contribution in [3.05, 3.63) is 64.7 Å². The molecule has 2 aromatic heterocycles. The number of hydrogen-bond donors (Lipinski definition) is 1. The van der Waals surface area contributed by atoms with E-state index < -0.39 is 29.5 Å². The van der Waals surface area contributed by atoms with Crippen molar-refractivity contribution in [3.63, 3.8) is 0 Å². The number of fused-ring (bicyclic) bond motifs is 1. The number of ether oxygens (including phenoxy) is 1. The highest BCUT2D eigenvalue weighted by Gasteiger charge is 2.32. The number of aromatic nitrogens is 3. The van der Waals surface area contributed by atoms with E-state index in [1.54, 1.807) is 19.1 Å². The van der Waals surface area contributed by atoms with E-state index in [0.29, 0.717) is 11.1 Å². The Morgan fingerprint density at radius 3 is 2.78 bits per heavy atom. The van der Waals surface area contributed by atoms with Crippen molar-refractivity contribution in [1.82, 2.24) is 20.3 Å². The summed E-state index contributed by atoms with van der Waals surface area (Å²) in [5.41, 5.74) is 0.980. The molecular formula is C21H16ClF2N5O3. The van der Waals surface area contributed by atoms with Gasteiger partial charge in [-0.1, -0.05) is 23.7 Å². The van der Waals surface area contributed by atoms with Gasteiger partial charge in [0.25, 0.3) is 11.8 Å². The van der Waals surface area contributed by atoms with Gasteiger partial charge in [-0.3, -0.25) is 14.5 Å². The number of aryl methyl sites for hydroxylation is 1. The summed E-state index contributed by atoms with van der Waals surface area (Å²) in [7, 11) is 1.43. The van der Waals surface area contributed by atoms with Gasteiger partial charge in [0.05, 0.1) is 23.1 Å². The number of amides is 2. The molecule has 164 valence electrons. The molecule has 1 N–H and O–H groups in total. The van der Waals surface area contributed by atoms with Crippen LogP contribution >= 0.6 is 11.6 Å². The van der Waals surface area contributed by atoms with Gasteiger partial charge in [0.2, 0.25) is 5.82 Å². The smallest absolute Gasteiger partial charge is 0.289 e. The summed E-state index contributed by atoms with van der Waals surface area (Å²) in [5.74, 6) is -2.43. The molecule has 0 saturated heterocycles. The van der Waals surface area contributed by atoms with Crippen LogP contribution in [0, 0.1) is 18.6 Å². The maximum Gasteiger partial charge on any atom is 0.289 e. The van der Waals surface area contributed by atoms with E-state index in [4.69, 9.17) is 16.3 Å². The van der Waals surface area contributed by atoms with Gasteiger partial charge in [0, 0.05) is 18.7 Å². The lowest BCUT2D eigenvalue weighted by Gasteiger charge is -2.19. The molecule has 4 rings (SSSR count). The third kappa shape index (κ3) is 4.09. The second-order valence-electron chi connectivity index (χ2n) is 7.06. The molecule has 0 aliphatic carbocycles. The highest BCUT2D eigenvalue weighted by Crippen LogP contribution is 2.29. The maximum atomic E-state index is 14.0. The van der Waals surface area contributed by atoms with Crippen molar-refractivity contribution >= 4 is 29.2 Å². The fourth-order valence-corrected chi connectivity index (χ4v) is 3.30. The first-order valence-corrected chi connectivity index (χ1v) is 9.78. The Hall–Kier alpha value is -3.66. The number of nitrogens with one attached hydrogen (secondary N) is 1. The Labute approximate surface area is 186 Å². The normalized spacial score (nSPS) is 15.6. The van der Waals surface area contributed by atoms with Crippen molar-refractivity contribution in [1.29, 1.82) is 0 Å². The summed E-state index contributed by atoms with van der Waals surface area (Å²) >= 11 is 6.15. The number of anilines is 1. The minimum Gasteiger partial charge on any atom is -0.487 e. The highest BCUT2D eigenvalue weighted by molar-refractivity contribution is 6.33. The van der Waals surface area contributed by atoms with Gasteiger partial charge in [-0.05, 0) is 18.6 Å². The van der Waals surface area contributed by atoms with Crippen LogP contribution in [0.5, 0.6) is 5.75 Å². The third-order valence-corrected chi connectivity index (χ3v) is 5.13. The largest absolute Gasteiger partial charge is 0.487 e. The van der Waals surface area contributed by atoms with E-state index in [1.807, 2.05) is 0 Å². The summed E-state index contributed by atoms with van der Waals surface area (Å²) in [4.78, 5) is 38.6. The van der Waals surface area contributed by atoms with Crippen LogP contribution in [-0.4, -0.2) is 46.5 Å². The van der Waals surface area contributed by atoms with E-state index in [1.165, 1.54) is 19.3 Å². The molecule has 0 saturated carbocycles. The number of rotatable bonds is 3. The molecule has 3 heterocycles. The van der Waals surface area contributed by atoms with Gasteiger partial charge in [-0.25, -0.2) is 23.7 Å². The van der Waals surface area contributed by atoms with Crippen molar-refractivity contribution in [2.75, 3.05) is 18.6 Å². The minimum atomic E-state index is -1.11. The van der Waals surface area contributed by atoms with Crippen LogP contribution in [0.2, 0.25) is 5.02 Å². The van der Waals surface area contributed by atoms with Crippen molar-refractivity contribution in [2.24, 2.45) is 0 Å². The summed E-state index contributed by atoms with van der Waals surface area (Å²) in [5, 5.41) is 2.63. The first-order chi connectivity index (χ1) is 15.2. The molecule has 0 bridgehead atoms. The van der Waals surface area contributed by atoms with Crippen LogP contribution in [0.3, 0.4) is 0 Å². The van der Waals surface area contributed by atoms with E-state index in [0.717, 1.165) is 17.2 Å². The zero-order valence-electron chi connectivity index (χ0n) is 16.9.